The fraction of sp³-hybridized carbons (Fsp3) is 0.875. The van der Waals surface area contributed by atoms with Crippen LogP contribution >= 0.6 is 0 Å². The minimum absolute atomic E-state index is 0.0224. The Labute approximate surface area is 136 Å². The van der Waals surface area contributed by atoms with Crippen molar-refractivity contribution in [2.45, 2.75) is 50.4 Å². The SMILES string of the molecule is O=C(O)C1CCCN1C(=O)CCCN1CCC2(CC1)OCCO2. The lowest BCUT2D eigenvalue weighted by atomic mass is 10.0. The number of nitrogens with zero attached hydrogens (tertiary/aromatic N) is 2. The highest BCUT2D eigenvalue weighted by Crippen LogP contribution is 2.31. The van der Waals surface area contributed by atoms with Gasteiger partial charge in [0.2, 0.25) is 5.91 Å². The van der Waals surface area contributed by atoms with Gasteiger partial charge in [0.25, 0.3) is 0 Å². The van der Waals surface area contributed by atoms with E-state index in [0.717, 1.165) is 45.3 Å². The molecule has 3 saturated heterocycles. The lowest BCUT2D eigenvalue weighted by Crippen LogP contribution is -2.45. The Morgan fingerprint density at radius 1 is 1.13 bits per heavy atom. The molecule has 0 bridgehead atoms. The highest BCUT2D eigenvalue weighted by atomic mass is 16.7. The van der Waals surface area contributed by atoms with Gasteiger partial charge in [0.05, 0.1) is 13.2 Å². The molecule has 3 fully saturated rings. The predicted octanol–water partition coefficient (Wildman–Crippen LogP) is 0.681. The molecule has 0 aromatic rings. The number of rotatable bonds is 5. The Bertz CT molecular complexity index is 440. The zero-order valence-electron chi connectivity index (χ0n) is 13.5. The molecular weight excluding hydrogens is 300 g/mol. The Morgan fingerprint density at radius 2 is 1.83 bits per heavy atom. The van der Waals surface area contributed by atoms with Crippen LogP contribution in [0.3, 0.4) is 0 Å². The van der Waals surface area contributed by atoms with Gasteiger partial charge in [-0.05, 0) is 25.8 Å². The fourth-order valence-corrected chi connectivity index (χ4v) is 3.82. The van der Waals surface area contributed by atoms with E-state index >= 15 is 0 Å². The molecule has 23 heavy (non-hydrogen) atoms. The number of hydrogen-bond donors (Lipinski definition) is 1. The summed E-state index contributed by atoms with van der Waals surface area (Å²) in [5, 5.41) is 9.14. The second-order valence-corrected chi connectivity index (χ2v) is 6.64. The van der Waals surface area contributed by atoms with E-state index in [1.54, 1.807) is 0 Å². The van der Waals surface area contributed by atoms with Gasteiger partial charge in [0.15, 0.2) is 5.79 Å². The average Bonchev–Trinajstić information content (AvgIpc) is 3.19. The molecule has 3 aliphatic heterocycles. The van der Waals surface area contributed by atoms with Crippen LogP contribution in [0.2, 0.25) is 0 Å². The third kappa shape index (κ3) is 3.84. The minimum Gasteiger partial charge on any atom is -0.480 e. The number of aliphatic carboxylic acids is 1. The van der Waals surface area contributed by atoms with Gasteiger partial charge in [-0.1, -0.05) is 0 Å². The zero-order chi connectivity index (χ0) is 16.3. The Hall–Kier alpha value is -1.18. The molecule has 1 unspecified atom stereocenters. The van der Waals surface area contributed by atoms with Gasteiger partial charge < -0.3 is 24.4 Å². The van der Waals surface area contributed by atoms with Crippen molar-refractivity contribution in [3.05, 3.63) is 0 Å². The van der Waals surface area contributed by atoms with Gasteiger partial charge in [-0.25, -0.2) is 4.79 Å². The molecule has 3 heterocycles. The standard InChI is InChI=1S/C16H26N2O5/c19-14(18-8-1-3-13(18)15(20)21)4-2-7-17-9-5-16(6-10-17)22-11-12-23-16/h13H,1-12H2,(H,20,21). The van der Waals surface area contributed by atoms with Crippen molar-refractivity contribution in [1.29, 1.82) is 0 Å². The van der Waals surface area contributed by atoms with Gasteiger partial charge in [-0.3, -0.25) is 4.79 Å². The van der Waals surface area contributed by atoms with Gasteiger partial charge in [-0.15, -0.1) is 0 Å². The van der Waals surface area contributed by atoms with Crippen LogP contribution in [-0.2, 0) is 19.1 Å². The number of amides is 1. The van der Waals surface area contributed by atoms with Crippen molar-refractivity contribution in [1.82, 2.24) is 9.80 Å². The summed E-state index contributed by atoms with van der Waals surface area (Å²) in [6.45, 7) is 4.68. The Balaban J connectivity index is 1.37. The first-order valence-electron chi connectivity index (χ1n) is 8.62. The number of likely N-dealkylation sites (tertiary alicyclic amines) is 2. The molecule has 1 spiro atoms. The number of ether oxygens (including phenoxy) is 2. The van der Waals surface area contributed by atoms with Crippen molar-refractivity contribution in [2.24, 2.45) is 0 Å². The number of piperidine rings is 1. The Kier molecular flexibility index (Phi) is 5.18. The second-order valence-electron chi connectivity index (χ2n) is 6.64. The number of hydrogen-bond acceptors (Lipinski definition) is 5. The third-order valence-electron chi connectivity index (χ3n) is 5.15. The number of carbonyl (C=O) groups excluding carboxylic acids is 1. The van der Waals surface area contributed by atoms with Crippen LogP contribution in [-0.4, -0.2) is 78.0 Å². The van der Waals surface area contributed by atoms with E-state index < -0.39 is 12.0 Å². The van der Waals surface area contributed by atoms with Crippen molar-refractivity contribution >= 4 is 11.9 Å². The average molecular weight is 326 g/mol. The van der Waals surface area contributed by atoms with Crippen LogP contribution in [0, 0.1) is 0 Å². The van der Waals surface area contributed by atoms with Gasteiger partial charge in [0.1, 0.15) is 6.04 Å². The number of carboxylic acid groups (broad SMARTS) is 1. The molecule has 3 aliphatic rings. The molecule has 0 aromatic carbocycles. The first kappa shape index (κ1) is 16.7. The predicted molar refractivity (Wildman–Crippen MR) is 81.9 cm³/mol. The summed E-state index contributed by atoms with van der Waals surface area (Å²) in [6, 6.07) is -0.617. The van der Waals surface area contributed by atoms with E-state index in [4.69, 9.17) is 14.6 Å². The highest BCUT2D eigenvalue weighted by molar-refractivity contribution is 5.84. The van der Waals surface area contributed by atoms with E-state index in [0.29, 0.717) is 32.6 Å². The maximum Gasteiger partial charge on any atom is 0.326 e. The van der Waals surface area contributed by atoms with Crippen LogP contribution in [0.25, 0.3) is 0 Å². The van der Waals surface area contributed by atoms with Crippen molar-refractivity contribution in [2.75, 3.05) is 39.4 Å². The van der Waals surface area contributed by atoms with Crippen LogP contribution in [0.15, 0.2) is 0 Å². The molecule has 0 aromatic heterocycles. The van der Waals surface area contributed by atoms with E-state index in [1.165, 1.54) is 4.90 Å². The molecule has 7 nitrogen and oxygen atoms in total. The lowest BCUT2D eigenvalue weighted by Gasteiger charge is -2.37. The third-order valence-corrected chi connectivity index (χ3v) is 5.15. The first-order chi connectivity index (χ1) is 11.1. The molecular formula is C16H26N2O5. The summed E-state index contributed by atoms with van der Waals surface area (Å²) < 4.78 is 11.4. The molecule has 0 saturated carbocycles. The fourth-order valence-electron chi connectivity index (χ4n) is 3.82. The summed E-state index contributed by atoms with van der Waals surface area (Å²) >= 11 is 0. The molecule has 3 rings (SSSR count). The van der Waals surface area contributed by atoms with Crippen molar-refractivity contribution < 1.29 is 24.2 Å². The molecule has 1 amide bonds. The van der Waals surface area contributed by atoms with Crippen molar-refractivity contribution in [3.63, 3.8) is 0 Å². The van der Waals surface area contributed by atoms with Gasteiger partial charge in [-0.2, -0.15) is 0 Å². The van der Waals surface area contributed by atoms with Gasteiger partial charge in [0, 0.05) is 38.9 Å². The summed E-state index contributed by atoms with van der Waals surface area (Å²) in [4.78, 5) is 27.2. The lowest BCUT2D eigenvalue weighted by molar-refractivity contribution is -0.185. The van der Waals surface area contributed by atoms with Gasteiger partial charge >= 0.3 is 5.97 Å². The zero-order valence-corrected chi connectivity index (χ0v) is 13.5. The molecule has 0 radical (unpaired) electrons. The summed E-state index contributed by atoms with van der Waals surface area (Å²) in [7, 11) is 0. The number of carbonyl (C=O) groups is 2. The largest absolute Gasteiger partial charge is 0.480 e. The van der Waals surface area contributed by atoms with E-state index in [2.05, 4.69) is 4.90 Å². The molecule has 1 N–H and O–H groups in total. The second kappa shape index (κ2) is 7.15. The molecule has 1 atom stereocenters. The molecule has 7 heteroatoms. The smallest absolute Gasteiger partial charge is 0.326 e. The van der Waals surface area contributed by atoms with Crippen LogP contribution in [0.1, 0.15) is 38.5 Å². The van der Waals surface area contributed by atoms with Crippen LogP contribution < -0.4 is 0 Å². The number of carboxylic acids is 1. The highest BCUT2D eigenvalue weighted by Gasteiger charge is 2.39. The molecule has 0 aliphatic carbocycles. The summed E-state index contributed by atoms with van der Waals surface area (Å²) in [6.07, 6.45) is 4.34. The normalized spacial score (nSPS) is 27.7. The summed E-state index contributed by atoms with van der Waals surface area (Å²) in [5.41, 5.74) is 0. The summed E-state index contributed by atoms with van der Waals surface area (Å²) in [5.74, 6) is -1.25. The van der Waals surface area contributed by atoms with E-state index in [-0.39, 0.29) is 11.7 Å². The topological polar surface area (TPSA) is 79.3 Å². The first-order valence-corrected chi connectivity index (χ1v) is 8.62. The minimum atomic E-state index is -0.881. The van der Waals surface area contributed by atoms with E-state index in [9.17, 15) is 9.59 Å². The maximum atomic E-state index is 12.2. The van der Waals surface area contributed by atoms with Crippen molar-refractivity contribution in [3.8, 4) is 0 Å². The maximum absolute atomic E-state index is 12.2. The van der Waals surface area contributed by atoms with E-state index in [1.807, 2.05) is 0 Å². The quantitative estimate of drug-likeness (QED) is 0.800. The van der Waals surface area contributed by atoms with Crippen LogP contribution in [0.5, 0.6) is 0 Å². The monoisotopic (exact) mass is 326 g/mol. The molecule has 130 valence electrons. The van der Waals surface area contributed by atoms with Crippen LogP contribution in [0.4, 0.5) is 0 Å². The Morgan fingerprint density at radius 3 is 2.48 bits per heavy atom.